The Morgan fingerprint density at radius 2 is 1.93 bits per heavy atom. The van der Waals surface area contributed by atoms with Crippen LogP contribution in [0.1, 0.15) is 18.1 Å². The number of hydrogen-bond acceptors (Lipinski definition) is 6. The van der Waals surface area contributed by atoms with Crippen molar-refractivity contribution in [3.8, 4) is 5.75 Å². The lowest BCUT2D eigenvalue weighted by Crippen LogP contribution is -2.27. The summed E-state index contributed by atoms with van der Waals surface area (Å²) in [5.74, 6) is 0.310. The lowest BCUT2D eigenvalue weighted by Gasteiger charge is -2.09. The van der Waals surface area contributed by atoms with Gasteiger partial charge in [-0.25, -0.2) is 0 Å². The molecule has 2 aromatic rings. The van der Waals surface area contributed by atoms with E-state index in [0.717, 1.165) is 22.9 Å². The minimum atomic E-state index is -0.449. The molecule has 1 heterocycles. The Balaban J connectivity index is 1.69. The van der Waals surface area contributed by atoms with E-state index in [9.17, 15) is 19.7 Å². The standard InChI is InChI=1S/C19H15BrN2O5S/c1-2-21-18(23)17(28-19(21)24)10-13-5-8-16(15(20)9-13)27-11-12-3-6-14(7-4-12)22(25)26/h3-10H,2,11H2,1H3. The Labute approximate surface area is 173 Å². The summed E-state index contributed by atoms with van der Waals surface area (Å²) < 4.78 is 6.44. The molecule has 0 radical (unpaired) electrons. The molecule has 0 bridgehead atoms. The van der Waals surface area contributed by atoms with Gasteiger partial charge in [0.1, 0.15) is 12.4 Å². The summed E-state index contributed by atoms with van der Waals surface area (Å²) in [7, 11) is 0. The number of halogens is 1. The van der Waals surface area contributed by atoms with Crippen LogP contribution in [0.5, 0.6) is 5.75 Å². The van der Waals surface area contributed by atoms with Crippen molar-refractivity contribution in [2.45, 2.75) is 13.5 Å². The first-order chi connectivity index (χ1) is 13.4. The van der Waals surface area contributed by atoms with Crippen molar-refractivity contribution in [2.75, 3.05) is 6.54 Å². The van der Waals surface area contributed by atoms with E-state index in [1.807, 2.05) is 0 Å². The van der Waals surface area contributed by atoms with Gasteiger partial charge in [0.2, 0.25) is 0 Å². The molecule has 3 rings (SSSR count). The Morgan fingerprint density at radius 1 is 1.21 bits per heavy atom. The van der Waals surface area contributed by atoms with Crippen molar-refractivity contribution < 1.29 is 19.2 Å². The van der Waals surface area contributed by atoms with E-state index >= 15 is 0 Å². The first-order valence-electron chi connectivity index (χ1n) is 8.30. The molecule has 1 aliphatic heterocycles. The highest BCUT2D eigenvalue weighted by atomic mass is 79.9. The van der Waals surface area contributed by atoms with Crippen molar-refractivity contribution in [1.29, 1.82) is 0 Å². The Bertz CT molecular complexity index is 975. The van der Waals surface area contributed by atoms with Gasteiger partial charge in [0, 0.05) is 18.7 Å². The van der Waals surface area contributed by atoms with Gasteiger partial charge >= 0.3 is 0 Å². The van der Waals surface area contributed by atoms with Crippen molar-refractivity contribution in [1.82, 2.24) is 4.90 Å². The van der Waals surface area contributed by atoms with Gasteiger partial charge in [-0.2, -0.15) is 0 Å². The summed E-state index contributed by atoms with van der Waals surface area (Å²) >= 11 is 4.37. The predicted molar refractivity (Wildman–Crippen MR) is 110 cm³/mol. The molecule has 144 valence electrons. The molecule has 2 amide bonds. The van der Waals surface area contributed by atoms with Crippen LogP contribution < -0.4 is 4.74 Å². The smallest absolute Gasteiger partial charge is 0.293 e. The van der Waals surface area contributed by atoms with Gasteiger partial charge in [-0.1, -0.05) is 6.07 Å². The molecule has 7 nitrogen and oxygen atoms in total. The van der Waals surface area contributed by atoms with Crippen LogP contribution in [0.15, 0.2) is 51.8 Å². The highest BCUT2D eigenvalue weighted by molar-refractivity contribution is 9.10. The van der Waals surface area contributed by atoms with Crippen LogP contribution in [0.3, 0.4) is 0 Å². The zero-order valence-electron chi connectivity index (χ0n) is 14.8. The fourth-order valence-electron chi connectivity index (χ4n) is 2.52. The van der Waals surface area contributed by atoms with E-state index in [1.54, 1.807) is 43.3 Å². The van der Waals surface area contributed by atoms with Crippen LogP contribution in [0, 0.1) is 10.1 Å². The molecule has 1 saturated heterocycles. The van der Waals surface area contributed by atoms with E-state index in [0.29, 0.717) is 21.7 Å². The van der Waals surface area contributed by atoms with Gasteiger partial charge in [0.15, 0.2) is 0 Å². The number of non-ortho nitro benzene ring substituents is 1. The summed E-state index contributed by atoms with van der Waals surface area (Å²) in [5.41, 5.74) is 1.59. The first-order valence-corrected chi connectivity index (χ1v) is 9.91. The number of nitro groups is 1. The summed E-state index contributed by atoms with van der Waals surface area (Å²) in [6.07, 6.45) is 1.67. The topological polar surface area (TPSA) is 89.8 Å². The molecule has 0 aliphatic carbocycles. The van der Waals surface area contributed by atoms with Gasteiger partial charge < -0.3 is 4.74 Å². The van der Waals surface area contributed by atoms with E-state index in [2.05, 4.69) is 15.9 Å². The zero-order chi connectivity index (χ0) is 20.3. The number of likely N-dealkylation sites (N-methyl/N-ethyl adjacent to an activating group) is 1. The maximum absolute atomic E-state index is 12.2. The van der Waals surface area contributed by atoms with Crippen molar-refractivity contribution in [2.24, 2.45) is 0 Å². The largest absolute Gasteiger partial charge is 0.488 e. The number of imide groups is 1. The second kappa shape index (κ2) is 8.57. The first kappa shape index (κ1) is 20.1. The van der Waals surface area contributed by atoms with E-state index in [-0.39, 0.29) is 23.4 Å². The summed E-state index contributed by atoms with van der Waals surface area (Å²) in [5, 5.41) is 10.4. The molecule has 0 unspecified atom stereocenters. The average Bonchev–Trinajstić information content (AvgIpc) is 2.94. The fourth-order valence-corrected chi connectivity index (χ4v) is 3.94. The van der Waals surface area contributed by atoms with E-state index in [1.165, 1.54) is 17.0 Å². The third kappa shape index (κ3) is 4.42. The maximum atomic E-state index is 12.2. The lowest BCUT2D eigenvalue weighted by molar-refractivity contribution is -0.384. The number of amides is 2. The van der Waals surface area contributed by atoms with Gasteiger partial charge in [-0.3, -0.25) is 24.6 Å². The highest BCUT2D eigenvalue weighted by Crippen LogP contribution is 2.33. The summed E-state index contributed by atoms with van der Waals surface area (Å²) in [6, 6.07) is 11.5. The molecular formula is C19H15BrN2O5S. The van der Waals surface area contributed by atoms with Gasteiger partial charge in [-0.05, 0) is 76.1 Å². The number of benzene rings is 2. The molecule has 0 saturated carbocycles. The number of carbonyl (C=O) groups is 2. The fraction of sp³-hybridized carbons (Fsp3) is 0.158. The highest BCUT2D eigenvalue weighted by Gasteiger charge is 2.33. The third-order valence-corrected chi connectivity index (χ3v) is 5.51. The van der Waals surface area contributed by atoms with Crippen LogP contribution in [-0.2, 0) is 11.4 Å². The van der Waals surface area contributed by atoms with Crippen LogP contribution >= 0.6 is 27.7 Å². The molecule has 9 heteroatoms. The molecule has 0 aromatic heterocycles. The third-order valence-electron chi connectivity index (χ3n) is 3.99. The average molecular weight is 463 g/mol. The zero-order valence-corrected chi connectivity index (χ0v) is 17.2. The van der Waals surface area contributed by atoms with Gasteiger partial charge in [0.25, 0.3) is 16.8 Å². The number of rotatable bonds is 6. The molecule has 0 N–H and O–H groups in total. The normalized spacial score (nSPS) is 15.4. The number of ether oxygens (including phenoxy) is 1. The van der Waals surface area contributed by atoms with E-state index < -0.39 is 4.92 Å². The minimum absolute atomic E-state index is 0.0294. The Hall–Kier alpha value is -2.65. The second-order valence-electron chi connectivity index (χ2n) is 5.83. The summed E-state index contributed by atoms with van der Waals surface area (Å²) in [4.78, 5) is 35.8. The molecule has 1 fully saturated rings. The molecule has 28 heavy (non-hydrogen) atoms. The van der Waals surface area contributed by atoms with Gasteiger partial charge in [-0.15, -0.1) is 0 Å². The van der Waals surface area contributed by atoms with E-state index in [4.69, 9.17) is 4.74 Å². The Kier molecular flexibility index (Phi) is 6.15. The second-order valence-corrected chi connectivity index (χ2v) is 7.68. The minimum Gasteiger partial charge on any atom is -0.488 e. The number of nitro benzene ring substituents is 1. The van der Waals surface area contributed by atoms with Crippen molar-refractivity contribution in [3.63, 3.8) is 0 Å². The Morgan fingerprint density at radius 3 is 2.50 bits per heavy atom. The van der Waals surface area contributed by atoms with Crippen LogP contribution in [0.25, 0.3) is 6.08 Å². The molecular weight excluding hydrogens is 448 g/mol. The van der Waals surface area contributed by atoms with Crippen LogP contribution in [0.4, 0.5) is 10.5 Å². The number of nitrogens with zero attached hydrogens (tertiary/aromatic N) is 2. The molecule has 1 aliphatic rings. The molecule has 2 aromatic carbocycles. The van der Waals surface area contributed by atoms with Crippen LogP contribution in [0.2, 0.25) is 0 Å². The van der Waals surface area contributed by atoms with Crippen LogP contribution in [-0.4, -0.2) is 27.5 Å². The SMILES string of the molecule is CCN1C(=O)SC(=Cc2ccc(OCc3ccc([N+](=O)[O-])cc3)c(Br)c2)C1=O. The number of carbonyl (C=O) groups excluding carboxylic acids is 2. The van der Waals surface area contributed by atoms with Crippen molar-refractivity contribution in [3.05, 3.63) is 73.1 Å². The predicted octanol–water partition coefficient (Wildman–Crippen LogP) is 4.99. The quantitative estimate of drug-likeness (QED) is 0.341. The van der Waals surface area contributed by atoms with Crippen molar-refractivity contribution >= 4 is 50.6 Å². The number of hydrogen-bond donors (Lipinski definition) is 0. The molecule has 0 atom stereocenters. The monoisotopic (exact) mass is 462 g/mol. The summed E-state index contributed by atoms with van der Waals surface area (Å²) in [6.45, 7) is 2.36. The lowest BCUT2D eigenvalue weighted by atomic mass is 10.2. The number of thioether (sulfide) groups is 1. The van der Waals surface area contributed by atoms with Gasteiger partial charge in [0.05, 0.1) is 14.3 Å². The maximum Gasteiger partial charge on any atom is 0.293 e. The molecule has 0 spiro atoms.